The van der Waals surface area contributed by atoms with Gasteiger partial charge in [0.05, 0.1) is 27.4 Å². The van der Waals surface area contributed by atoms with E-state index in [-0.39, 0.29) is 37.6 Å². The Morgan fingerprint density at radius 1 is 0.767 bits per heavy atom. The molecule has 0 unspecified atom stereocenters. The van der Waals surface area contributed by atoms with E-state index in [0.29, 0.717) is 22.6 Å². The molecule has 158 valence electrons. The van der Waals surface area contributed by atoms with Crippen molar-refractivity contribution in [3.8, 4) is 11.5 Å². The van der Waals surface area contributed by atoms with Gasteiger partial charge in [0.15, 0.2) is 23.1 Å². The highest BCUT2D eigenvalue weighted by Crippen LogP contribution is 2.28. The molecule has 0 heterocycles. The van der Waals surface area contributed by atoms with Gasteiger partial charge in [-0.3, -0.25) is 9.59 Å². The lowest BCUT2D eigenvalue weighted by molar-refractivity contribution is -0.119. The normalized spacial score (nSPS) is 11.2. The van der Waals surface area contributed by atoms with Crippen molar-refractivity contribution in [2.75, 3.05) is 14.2 Å². The summed E-state index contributed by atoms with van der Waals surface area (Å²) >= 11 is 0. The molecule has 0 aliphatic carbocycles. The van der Waals surface area contributed by atoms with Gasteiger partial charge in [-0.25, -0.2) is 0 Å². The molecule has 0 aromatic heterocycles. The standard InChI is InChI=1S/C24H26O6/c1-29-23-12-6-18(14-24(23)30-2)5-9-22(28)11-10-21(27)8-4-17-3-7-19(15-25)20(13-17)16-26/h3-9,12-14,25-26H,10-11,15-16H2,1-2H3/b8-4+,9-5+. The van der Waals surface area contributed by atoms with E-state index in [1.807, 2.05) is 6.07 Å². The second-order valence-corrected chi connectivity index (χ2v) is 6.56. The quantitative estimate of drug-likeness (QED) is 0.552. The Morgan fingerprint density at radius 3 is 1.83 bits per heavy atom. The number of allylic oxidation sites excluding steroid dienone is 2. The van der Waals surface area contributed by atoms with Gasteiger partial charge in [0, 0.05) is 12.8 Å². The van der Waals surface area contributed by atoms with Gasteiger partial charge in [-0.1, -0.05) is 30.4 Å². The summed E-state index contributed by atoms with van der Waals surface area (Å²) in [5, 5.41) is 18.5. The molecule has 2 aromatic rings. The number of aliphatic hydroxyl groups excluding tert-OH is 2. The van der Waals surface area contributed by atoms with E-state index in [9.17, 15) is 19.8 Å². The zero-order valence-electron chi connectivity index (χ0n) is 17.1. The fraction of sp³-hybridized carbons (Fsp3) is 0.250. The van der Waals surface area contributed by atoms with Crippen LogP contribution >= 0.6 is 0 Å². The lowest BCUT2D eigenvalue weighted by Gasteiger charge is -2.07. The van der Waals surface area contributed by atoms with Crippen molar-refractivity contribution >= 4 is 23.7 Å². The molecule has 6 heteroatoms. The van der Waals surface area contributed by atoms with E-state index < -0.39 is 0 Å². The molecule has 0 aliphatic heterocycles. The summed E-state index contributed by atoms with van der Waals surface area (Å²) in [5.74, 6) is 0.861. The van der Waals surface area contributed by atoms with Gasteiger partial charge in [-0.05, 0) is 52.6 Å². The highest BCUT2D eigenvalue weighted by molar-refractivity contribution is 5.99. The minimum atomic E-state index is -0.188. The Hall–Kier alpha value is -3.22. The van der Waals surface area contributed by atoms with E-state index in [2.05, 4.69) is 0 Å². The topological polar surface area (TPSA) is 93.1 Å². The number of hydrogen-bond donors (Lipinski definition) is 2. The molecule has 0 radical (unpaired) electrons. The molecule has 0 spiro atoms. The number of methoxy groups -OCH3 is 2. The second-order valence-electron chi connectivity index (χ2n) is 6.56. The van der Waals surface area contributed by atoms with E-state index in [1.54, 1.807) is 56.7 Å². The lowest BCUT2D eigenvalue weighted by atomic mass is 10.0. The Bertz CT molecular complexity index is 865. The number of carbonyl (C=O) groups is 2. The zero-order valence-corrected chi connectivity index (χ0v) is 17.1. The number of rotatable bonds is 11. The molecular formula is C24H26O6. The third kappa shape index (κ3) is 6.69. The van der Waals surface area contributed by atoms with Crippen LogP contribution in [-0.4, -0.2) is 36.0 Å². The van der Waals surface area contributed by atoms with Gasteiger partial charge < -0.3 is 19.7 Å². The maximum absolute atomic E-state index is 12.1. The van der Waals surface area contributed by atoms with Gasteiger partial charge in [0.25, 0.3) is 0 Å². The first-order valence-corrected chi connectivity index (χ1v) is 9.48. The largest absolute Gasteiger partial charge is 0.493 e. The Kier molecular flexibility index (Phi) is 9.00. The lowest BCUT2D eigenvalue weighted by Crippen LogP contribution is -1.99. The van der Waals surface area contributed by atoms with Crippen LogP contribution in [-0.2, 0) is 22.8 Å². The molecule has 0 amide bonds. The third-order valence-electron chi connectivity index (χ3n) is 4.52. The van der Waals surface area contributed by atoms with Crippen LogP contribution in [0.2, 0.25) is 0 Å². The summed E-state index contributed by atoms with van der Waals surface area (Å²) in [6, 6.07) is 10.5. The van der Waals surface area contributed by atoms with Crippen LogP contribution in [0.1, 0.15) is 35.1 Å². The average Bonchev–Trinajstić information content (AvgIpc) is 2.79. The van der Waals surface area contributed by atoms with Gasteiger partial charge in [0.1, 0.15) is 0 Å². The minimum Gasteiger partial charge on any atom is -0.493 e. The van der Waals surface area contributed by atoms with Crippen molar-refractivity contribution in [3.05, 3.63) is 70.8 Å². The highest BCUT2D eigenvalue weighted by Gasteiger charge is 2.05. The number of aliphatic hydroxyl groups is 2. The molecule has 0 aliphatic rings. The summed E-state index contributed by atoms with van der Waals surface area (Å²) in [7, 11) is 3.10. The fourth-order valence-electron chi connectivity index (χ4n) is 2.80. The molecule has 2 aromatic carbocycles. The summed E-state index contributed by atoms with van der Waals surface area (Å²) in [5.41, 5.74) is 2.79. The summed E-state index contributed by atoms with van der Waals surface area (Å²) in [6.45, 7) is -0.343. The summed E-state index contributed by atoms with van der Waals surface area (Å²) in [4.78, 5) is 24.1. The maximum atomic E-state index is 12.1. The van der Waals surface area contributed by atoms with Gasteiger partial charge in [-0.15, -0.1) is 0 Å². The Labute approximate surface area is 176 Å². The zero-order chi connectivity index (χ0) is 21.9. The van der Waals surface area contributed by atoms with Crippen LogP contribution in [0.25, 0.3) is 12.2 Å². The van der Waals surface area contributed by atoms with Crippen LogP contribution < -0.4 is 9.47 Å². The number of ether oxygens (including phenoxy) is 2. The molecule has 2 rings (SSSR count). The first kappa shape index (κ1) is 23.1. The van der Waals surface area contributed by atoms with Crippen LogP contribution in [0.3, 0.4) is 0 Å². The molecule has 0 bridgehead atoms. The van der Waals surface area contributed by atoms with Crippen molar-refractivity contribution in [3.63, 3.8) is 0 Å². The molecule has 0 saturated carbocycles. The molecule has 0 saturated heterocycles. The monoisotopic (exact) mass is 410 g/mol. The first-order valence-electron chi connectivity index (χ1n) is 9.48. The molecule has 0 atom stereocenters. The van der Waals surface area contributed by atoms with Crippen LogP contribution in [0, 0.1) is 0 Å². The van der Waals surface area contributed by atoms with Crippen molar-refractivity contribution in [2.45, 2.75) is 26.1 Å². The van der Waals surface area contributed by atoms with Gasteiger partial charge in [-0.2, -0.15) is 0 Å². The SMILES string of the molecule is COc1ccc(/C=C/C(=O)CCC(=O)/C=C/c2ccc(CO)c(CO)c2)cc1OC. The van der Waals surface area contributed by atoms with Gasteiger partial charge >= 0.3 is 0 Å². The van der Waals surface area contributed by atoms with E-state index in [1.165, 1.54) is 12.2 Å². The first-order chi connectivity index (χ1) is 14.5. The smallest absolute Gasteiger partial charge is 0.161 e. The number of carbonyl (C=O) groups excluding carboxylic acids is 2. The van der Waals surface area contributed by atoms with Crippen LogP contribution in [0.15, 0.2) is 48.6 Å². The average molecular weight is 410 g/mol. The highest BCUT2D eigenvalue weighted by atomic mass is 16.5. The fourth-order valence-corrected chi connectivity index (χ4v) is 2.80. The Balaban J connectivity index is 1.89. The molecule has 2 N–H and O–H groups in total. The number of benzene rings is 2. The molecule has 0 fully saturated rings. The van der Waals surface area contributed by atoms with Crippen LogP contribution in [0.5, 0.6) is 11.5 Å². The summed E-state index contributed by atoms with van der Waals surface area (Å²) < 4.78 is 10.4. The minimum absolute atomic E-state index is 0.104. The predicted octanol–water partition coefficient (Wildman–Crippen LogP) is 3.33. The molecule has 30 heavy (non-hydrogen) atoms. The number of hydrogen-bond acceptors (Lipinski definition) is 6. The van der Waals surface area contributed by atoms with E-state index in [4.69, 9.17) is 9.47 Å². The van der Waals surface area contributed by atoms with Crippen molar-refractivity contribution < 1.29 is 29.3 Å². The molecule has 6 nitrogen and oxygen atoms in total. The number of ketones is 2. The van der Waals surface area contributed by atoms with Crippen molar-refractivity contribution in [1.29, 1.82) is 0 Å². The third-order valence-corrected chi connectivity index (χ3v) is 4.52. The maximum Gasteiger partial charge on any atom is 0.161 e. The summed E-state index contributed by atoms with van der Waals surface area (Å²) in [6.07, 6.45) is 6.38. The molecular weight excluding hydrogens is 384 g/mol. The van der Waals surface area contributed by atoms with Crippen molar-refractivity contribution in [1.82, 2.24) is 0 Å². The van der Waals surface area contributed by atoms with Gasteiger partial charge in [0.2, 0.25) is 0 Å². The predicted molar refractivity (Wildman–Crippen MR) is 115 cm³/mol. The second kappa shape index (κ2) is 11.7. The van der Waals surface area contributed by atoms with Crippen LogP contribution in [0.4, 0.5) is 0 Å². The van der Waals surface area contributed by atoms with E-state index >= 15 is 0 Å². The van der Waals surface area contributed by atoms with Crippen molar-refractivity contribution in [2.24, 2.45) is 0 Å². The van der Waals surface area contributed by atoms with E-state index in [0.717, 1.165) is 11.1 Å². The Morgan fingerprint density at radius 2 is 1.30 bits per heavy atom.